The molecule has 4 atom stereocenters. The van der Waals surface area contributed by atoms with E-state index in [-0.39, 0.29) is 24.7 Å². The molecule has 10 heteroatoms. The summed E-state index contributed by atoms with van der Waals surface area (Å²) in [6.07, 6.45) is 4.01. The summed E-state index contributed by atoms with van der Waals surface area (Å²) < 4.78 is 46.9. The minimum absolute atomic E-state index is 0.150. The van der Waals surface area contributed by atoms with Crippen molar-refractivity contribution in [1.82, 2.24) is 0 Å². The molecule has 4 rings (SSSR count). The molecule has 0 N–H and O–H groups in total. The van der Waals surface area contributed by atoms with Crippen LogP contribution in [0.15, 0.2) is 103 Å². The number of methoxy groups -OCH3 is 4. The minimum Gasteiger partial charge on any atom is -0.497 e. The van der Waals surface area contributed by atoms with Gasteiger partial charge in [-0.25, -0.2) is 4.79 Å². The van der Waals surface area contributed by atoms with Gasteiger partial charge in [0.25, 0.3) is 0 Å². The summed E-state index contributed by atoms with van der Waals surface area (Å²) in [5, 5.41) is 0. The van der Waals surface area contributed by atoms with E-state index in [4.69, 9.17) is 37.9 Å². The van der Waals surface area contributed by atoms with Gasteiger partial charge in [0.15, 0.2) is 0 Å². The van der Waals surface area contributed by atoms with Crippen LogP contribution in [0, 0.1) is 5.41 Å². The van der Waals surface area contributed by atoms with Crippen LogP contribution in [0.2, 0.25) is 0 Å². The summed E-state index contributed by atoms with van der Waals surface area (Å²) in [6.45, 7) is 7.06. The van der Waals surface area contributed by atoms with Gasteiger partial charge >= 0.3 is 5.97 Å². The largest absolute Gasteiger partial charge is 0.497 e. The zero-order chi connectivity index (χ0) is 37.6. The van der Waals surface area contributed by atoms with E-state index >= 15 is 0 Å². The highest BCUT2D eigenvalue weighted by atomic mass is 16.7. The van der Waals surface area contributed by atoms with Gasteiger partial charge < -0.3 is 37.9 Å². The number of Topliss-reactive ketones (excluding diaryl/α,β-unsaturated/α-hetero) is 1. The third kappa shape index (κ3) is 10.8. The van der Waals surface area contributed by atoms with Crippen molar-refractivity contribution >= 4 is 11.8 Å². The third-order valence-electron chi connectivity index (χ3n) is 9.17. The molecule has 0 saturated carbocycles. The fraction of sp³-hybridized carbons (Fsp3) is 0.429. The van der Waals surface area contributed by atoms with Crippen molar-refractivity contribution in [3.8, 4) is 11.5 Å². The summed E-state index contributed by atoms with van der Waals surface area (Å²) in [4.78, 5) is 26.7. The van der Waals surface area contributed by atoms with Crippen molar-refractivity contribution in [3.05, 3.63) is 119 Å². The van der Waals surface area contributed by atoms with E-state index in [0.717, 1.165) is 28.2 Å². The van der Waals surface area contributed by atoms with Gasteiger partial charge in [-0.3, -0.25) is 4.79 Å². The van der Waals surface area contributed by atoms with Gasteiger partial charge in [0.2, 0.25) is 11.6 Å². The average molecular weight is 717 g/mol. The van der Waals surface area contributed by atoms with Gasteiger partial charge in [-0.1, -0.05) is 80.6 Å². The molecular formula is C42H52O10. The van der Waals surface area contributed by atoms with E-state index in [9.17, 15) is 9.59 Å². The normalized spacial score (nSPS) is 19.8. The number of carbonyl (C=O) groups is 2. The van der Waals surface area contributed by atoms with E-state index in [0.29, 0.717) is 26.2 Å². The lowest BCUT2D eigenvalue weighted by Gasteiger charge is -2.48. The highest BCUT2D eigenvalue weighted by molar-refractivity contribution is 6.06. The SMILES string of the molecule is COC(=O)C=C1CC(C[C@@H](OCc2ccc(OC)cc2)[C@@H](C)OCc2ccccc2)O[C@@](OC)(C(C)(C)C=CCOCc2ccc(OC)cc2)C1=O. The Labute approximate surface area is 307 Å². The number of rotatable bonds is 19. The molecule has 0 spiro atoms. The lowest BCUT2D eigenvalue weighted by molar-refractivity contribution is -0.280. The second kappa shape index (κ2) is 19.5. The van der Waals surface area contributed by atoms with E-state index < -0.39 is 35.2 Å². The fourth-order valence-corrected chi connectivity index (χ4v) is 6.09. The van der Waals surface area contributed by atoms with Gasteiger partial charge in [0.1, 0.15) is 11.5 Å². The first-order valence-electron chi connectivity index (χ1n) is 17.4. The lowest BCUT2D eigenvalue weighted by Crippen LogP contribution is -2.60. The van der Waals surface area contributed by atoms with Crippen molar-refractivity contribution < 1.29 is 47.5 Å². The molecule has 52 heavy (non-hydrogen) atoms. The van der Waals surface area contributed by atoms with Crippen molar-refractivity contribution in [3.63, 3.8) is 0 Å². The van der Waals surface area contributed by atoms with E-state index in [1.807, 2.05) is 112 Å². The first-order chi connectivity index (χ1) is 25.0. The zero-order valence-corrected chi connectivity index (χ0v) is 31.3. The monoisotopic (exact) mass is 716 g/mol. The Bertz CT molecular complexity index is 1610. The molecule has 0 radical (unpaired) electrons. The van der Waals surface area contributed by atoms with E-state index in [1.165, 1.54) is 20.3 Å². The molecule has 1 aliphatic rings. The Hall–Kier alpha value is -4.32. The highest BCUT2D eigenvalue weighted by Crippen LogP contribution is 2.45. The van der Waals surface area contributed by atoms with Crippen LogP contribution in [0.4, 0.5) is 0 Å². The molecule has 1 saturated heterocycles. The van der Waals surface area contributed by atoms with Crippen molar-refractivity contribution in [2.45, 2.75) is 77.5 Å². The average Bonchev–Trinajstić information content (AvgIpc) is 3.17. The molecule has 0 aromatic heterocycles. The van der Waals surface area contributed by atoms with Crippen LogP contribution in [-0.2, 0) is 57.8 Å². The first-order valence-corrected chi connectivity index (χ1v) is 17.4. The molecule has 3 aromatic carbocycles. The molecule has 1 aliphatic heterocycles. The molecule has 1 fully saturated rings. The molecular weight excluding hydrogens is 664 g/mol. The molecule has 1 heterocycles. The topological polar surface area (TPSA) is 108 Å². The zero-order valence-electron chi connectivity index (χ0n) is 31.3. The van der Waals surface area contributed by atoms with Crippen LogP contribution in [-0.4, -0.2) is 70.9 Å². The Morgan fingerprint density at radius 1 is 0.846 bits per heavy atom. The Kier molecular flexibility index (Phi) is 15.2. The number of carbonyl (C=O) groups excluding carboxylic acids is 2. The molecule has 1 unspecified atom stereocenters. The number of esters is 1. The van der Waals surface area contributed by atoms with Gasteiger partial charge in [-0.05, 0) is 47.9 Å². The number of hydrogen-bond donors (Lipinski definition) is 0. The summed E-state index contributed by atoms with van der Waals surface area (Å²) in [5.74, 6) is -1.33. The minimum atomic E-state index is -1.77. The smallest absolute Gasteiger partial charge is 0.330 e. The summed E-state index contributed by atoms with van der Waals surface area (Å²) in [6, 6.07) is 25.2. The van der Waals surface area contributed by atoms with Crippen molar-refractivity contribution in [2.24, 2.45) is 5.41 Å². The summed E-state index contributed by atoms with van der Waals surface area (Å²) in [5.41, 5.74) is 2.24. The van der Waals surface area contributed by atoms with Crippen molar-refractivity contribution in [1.29, 1.82) is 0 Å². The van der Waals surface area contributed by atoms with Crippen LogP contribution in [0.5, 0.6) is 11.5 Å². The number of ketones is 1. The Morgan fingerprint density at radius 2 is 1.42 bits per heavy atom. The number of ether oxygens (including phenoxy) is 8. The van der Waals surface area contributed by atoms with Gasteiger partial charge in [-0.2, -0.15) is 0 Å². The molecule has 0 bridgehead atoms. The van der Waals surface area contributed by atoms with Gasteiger partial charge in [0, 0.05) is 37.0 Å². The van der Waals surface area contributed by atoms with Crippen molar-refractivity contribution in [2.75, 3.05) is 35.0 Å². The molecule has 10 nitrogen and oxygen atoms in total. The summed E-state index contributed by atoms with van der Waals surface area (Å²) in [7, 11) is 5.97. The van der Waals surface area contributed by atoms with Crippen LogP contribution < -0.4 is 9.47 Å². The molecule has 0 aliphatic carbocycles. The second-order valence-corrected chi connectivity index (χ2v) is 13.2. The van der Waals surface area contributed by atoms with Crippen LogP contribution in [0.1, 0.15) is 50.3 Å². The van der Waals surface area contributed by atoms with Crippen LogP contribution >= 0.6 is 0 Å². The quantitative estimate of drug-likeness (QED) is 0.0548. The van der Waals surface area contributed by atoms with E-state index in [1.54, 1.807) is 14.2 Å². The standard InChI is InChI=1S/C42H52O10/c1-30(50-28-31-12-9-8-10-13-31)38(51-29-33-16-20-36(46-5)21-17-33)26-37-24-34(25-39(43)47-6)40(44)42(48-7,52-37)41(2,3)22-11-23-49-27-32-14-18-35(45-4)19-15-32/h8-22,25,30,37-38H,23-24,26-29H2,1-7H3/t30-,37?,38-,42-/m1/s1. The molecule has 3 aromatic rings. The first kappa shape index (κ1) is 40.5. The third-order valence-corrected chi connectivity index (χ3v) is 9.17. The highest BCUT2D eigenvalue weighted by Gasteiger charge is 2.57. The van der Waals surface area contributed by atoms with E-state index in [2.05, 4.69) is 0 Å². The number of benzene rings is 3. The molecule has 0 amide bonds. The lowest BCUT2D eigenvalue weighted by atomic mass is 9.75. The maximum absolute atomic E-state index is 14.2. The summed E-state index contributed by atoms with van der Waals surface area (Å²) >= 11 is 0. The fourth-order valence-electron chi connectivity index (χ4n) is 6.09. The van der Waals surface area contributed by atoms with Crippen LogP contribution in [0.3, 0.4) is 0 Å². The van der Waals surface area contributed by atoms with Gasteiger partial charge in [-0.15, -0.1) is 0 Å². The second-order valence-electron chi connectivity index (χ2n) is 13.2. The Balaban J connectivity index is 1.56. The Morgan fingerprint density at radius 3 is 2.00 bits per heavy atom. The predicted octanol–water partition coefficient (Wildman–Crippen LogP) is 7.18. The predicted molar refractivity (Wildman–Crippen MR) is 197 cm³/mol. The maximum Gasteiger partial charge on any atom is 0.330 e. The van der Waals surface area contributed by atoms with Gasteiger partial charge in [0.05, 0.1) is 66.1 Å². The molecule has 280 valence electrons. The van der Waals surface area contributed by atoms with Crippen LogP contribution in [0.25, 0.3) is 0 Å². The maximum atomic E-state index is 14.2. The number of hydrogen-bond acceptors (Lipinski definition) is 10.